The van der Waals surface area contributed by atoms with Gasteiger partial charge in [0.15, 0.2) is 0 Å². The fourth-order valence-electron chi connectivity index (χ4n) is 2.15. The molecule has 0 fully saturated rings. The number of nitrogens with zero attached hydrogens (tertiary/aromatic N) is 1. The predicted octanol–water partition coefficient (Wildman–Crippen LogP) is 3.52. The number of fused-ring (bicyclic) bond motifs is 1. The molecule has 1 amide bonds. The van der Waals surface area contributed by atoms with E-state index in [4.69, 9.17) is 16.3 Å². The zero-order chi connectivity index (χ0) is 14.1. The first-order valence-corrected chi connectivity index (χ1v) is 6.53. The summed E-state index contributed by atoms with van der Waals surface area (Å²) >= 11 is 5.81. The topological polar surface area (TPSA) is 29.5 Å². The zero-order valence-electron chi connectivity index (χ0n) is 10.5. The number of hydrogen-bond acceptors (Lipinski definition) is 2. The Kier molecular flexibility index (Phi) is 3.32. The molecule has 3 rings (SSSR count). The Labute approximate surface area is 120 Å². The number of ether oxygens (including phenoxy) is 1. The molecule has 0 aromatic heterocycles. The van der Waals surface area contributed by atoms with Crippen LogP contribution in [0.25, 0.3) is 0 Å². The van der Waals surface area contributed by atoms with Crippen LogP contribution in [0, 0.1) is 5.82 Å². The minimum absolute atomic E-state index is 0.197. The lowest BCUT2D eigenvalue weighted by Gasteiger charge is -2.29. The number of halogens is 2. The van der Waals surface area contributed by atoms with Crippen molar-refractivity contribution in [2.45, 2.75) is 0 Å². The van der Waals surface area contributed by atoms with Crippen molar-refractivity contribution in [3.8, 4) is 5.75 Å². The van der Waals surface area contributed by atoms with E-state index in [1.807, 2.05) is 0 Å². The molecule has 5 heteroatoms. The van der Waals surface area contributed by atoms with Gasteiger partial charge in [-0.1, -0.05) is 11.6 Å². The van der Waals surface area contributed by atoms with Crippen LogP contribution in [-0.2, 0) is 0 Å². The molecule has 0 spiro atoms. The molecule has 102 valence electrons. The van der Waals surface area contributed by atoms with Gasteiger partial charge < -0.3 is 9.64 Å². The van der Waals surface area contributed by atoms with Crippen molar-refractivity contribution in [1.82, 2.24) is 0 Å². The van der Waals surface area contributed by atoms with Crippen molar-refractivity contribution in [2.75, 3.05) is 18.1 Å². The van der Waals surface area contributed by atoms with E-state index in [1.165, 1.54) is 23.1 Å². The van der Waals surface area contributed by atoms with Gasteiger partial charge in [0.2, 0.25) is 0 Å². The zero-order valence-corrected chi connectivity index (χ0v) is 11.2. The van der Waals surface area contributed by atoms with Crippen LogP contribution in [0.2, 0.25) is 5.02 Å². The van der Waals surface area contributed by atoms with Crippen molar-refractivity contribution in [3.05, 3.63) is 58.9 Å². The molecule has 0 aliphatic carbocycles. The van der Waals surface area contributed by atoms with Crippen LogP contribution in [0.5, 0.6) is 5.75 Å². The highest BCUT2D eigenvalue weighted by Crippen LogP contribution is 2.33. The Balaban J connectivity index is 1.97. The average molecular weight is 292 g/mol. The number of anilines is 1. The smallest absolute Gasteiger partial charge is 0.258 e. The third kappa shape index (κ3) is 2.34. The van der Waals surface area contributed by atoms with E-state index >= 15 is 0 Å². The largest absolute Gasteiger partial charge is 0.490 e. The monoisotopic (exact) mass is 291 g/mol. The van der Waals surface area contributed by atoms with Crippen LogP contribution in [0.1, 0.15) is 10.4 Å². The maximum atomic E-state index is 13.4. The highest BCUT2D eigenvalue weighted by atomic mass is 35.5. The standard InChI is InChI=1S/C15H11ClFNO2/c16-11-3-1-10(2-4-11)15(19)18-7-8-20-14-6-5-12(17)9-13(14)18/h1-6,9H,7-8H2. The van der Waals surface area contributed by atoms with Crippen LogP contribution in [0.3, 0.4) is 0 Å². The van der Waals surface area contributed by atoms with Crippen LogP contribution in [0.4, 0.5) is 10.1 Å². The summed E-state index contributed by atoms with van der Waals surface area (Å²) in [6.45, 7) is 0.774. The predicted molar refractivity (Wildman–Crippen MR) is 75.0 cm³/mol. The summed E-state index contributed by atoms with van der Waals surface area (Å²) in [5.41, 5.74) is 0.961. The molecule has 20 heavy (non-hydrogen) atoms. The van der Waals surface area contributed by atoms with Crippen LogP contribution in [0.15, 0.2) is 42.5 Å². The molecule has 1 aliphatic rings. The third-order valence-electron chi connectivity index (χ3n) is 3.12. The number of carbonyl (C=O) groups excluding carboxylic acids is 1. The molecule has 1 heterocycles. The molecule has 0 N–H and O–H groups in total. The van der Waals surface area contributed by atoms with Gasteiger partial charge in [-0.3, -0.25) is 4.79 Å². The van der Waals surface area contributed by atoms with E-state index in [0.717, 1.165) is 0 Å². The third-order valence-corrected chi connectivity index (χ3v) is 3.37. The molecule has 0 atom stereocenters. The molecular weight excluding hydrogens is 281 g/mol. The van der Waals surface area contributed by atoms with Gasteiger partial charge in [0.1, 0.15) is 18.2 Å². The fourth-order valence-corrected chi connectivity index (χ4v) is 2.28. The minimum Gasteiger partial charge on any atom is -0.490 e. The van der Waals surface area contributed by atoms with Gasteiger partial charge in [-0.05, 0) is 36.4 Å². The van der Waals surface area contributed by atoms with Crippen molar-refractivity contribution in [3.63, 3.8) is 0 Å². The summed E-state index contributed by atoms with van der Waals surface area (Å²) in [7, 11) is 0. The average Bonchev–Trinajstić information content (AvgIpc) is 2.46. The van der Waals surface area contributed by atoms with Crippen LogP contribution >= 0.6 is 11.6 Å². The number of hydrogen-bond donors (Lipinski definition) is 0. The van der Waals surface area contributed by atoms with Crippen LogP contribution in [-0.4, -0.2) is 19.1 Å². The van der Waals surface area contributed by atoms with Crippen LogP contribution < -0.4 is 9.64 Å². The summed E-state index contributed by atoms with van der Waals surface area (Å²) in [4.78, 5) is 14.0. The molecule has 2 aromatic rings. The van der Waals surface area contributed by atoms with Gasteiger partial charge in [-0.2, -0.15) is 0 Å². The van der Waals surface area contributed by atoms with E-state index in [0.29, 0.717) is 35.2 Å². The Hall–Kier alpha value is -2.07. The first-order valence-electron chi connectivity index (χ1n) is 6.15. The quantitative estimate of drug-likeness (QED) is 0.804. The van der Waals surface area contributed by atoms with Crippen molar-refractivity contribution >= 4 is 23.2 Å². The van der Waals surface area contributed by atoms with Gasteiger partial charge >= 0.3 is 0 Å². The normalized spacial score (nSPS) is 13.6. The van der Waals surface area contributed by atoms with Crippen molar-refractivity contribution < 1.29 is 13.9 Å². The summed E-state index contributed by atoms with van der Waals surface area (Å²) in [6.07, 6.45) is 0. The van der Waals surface area contributed by atoms with Gasteiger partial charge in [-0.25, -0.2) is 4.39 Å². The summed E-state index contributed by atoms with van der Waals surface area (Å²) in [6, 6.07) is 10.8. The maximum absolute atomic E-state index is 13.4. The molecule has 0 unspecified atom stereocenters. The summed E-state index contributed by atoms with van der Waals surface area (Å²) in [5, 5.41) is 0.565. The molecule has 1 aliphatic heterocycles. The first kappa shape index (κ1) is 12.9. The number of rotatable bonds is 1. The lowest BCUT2D eigenvalue weighted by Crippen LogP contribution is -2.38. The Morgan fingerprint density at radius 3 is 2.70 bits per heavy atom. The maximum Gasteiger partial charge on any atom is 0.258 e. The Morgan fingerprint density at radius 2 is 1.95 bits per heavy atom. The van der Waals surface area contributed by atoms with E-state index in [2.05, 4.69) is 0 Å². The summed E-state index contributed by atoms with van der Waals surface area (Å²) in [5.74, 6) is -0.0834. The molecule has 0 bridgehead atoms. The molecular formula is C15H11ClFNO2. The van der Waals surface area contributed by atoms with E-state index in [9.17, 15) is 9.18 Å². The van der Waals surface area contributed by atoms with Gasteiger partial charge in [0, 0.05) is 16.7 Å². The molecule has 2 aromatic carbocycles. The second-order valence-corrected chi connectivity index (χ2v) is 4.86. The van der Waals surface area contributed by atoms with Crippen molar-refractivity contribution in [1.29, 1.82) is 0 Å². The lowest BCUT2D eigenvalue weighted by molar-refractivity contribution is 0.0976. The SMILES string of the molecule is O=C(c1ccc(Cl)cc1)N1CCOc2ccc(F)cc21. The van der Waals surface area contributed by atoms with Gasteiger partial charge in [-0.15, -0.1) is 0 Å². The molecule has 0 saturated heterocycles. The van der Waals surface area contributed by atoms with Gasteiger partial charge in [0.25, 0.3) is 5.91 Å². The highest BCUT2D eigenvalue weighted by Gasteiger charge is 2.25. The molecule has 0 radical (unpaired) electrons. The first-order chi connectivity index (χ1) is 9.65. The van der Waals surface area contributed by atoms with Gasteiger partial charge in [0.05, 0.1) is 12.2 Å². The Morgan fingerprint density at radius 1 is 1.20 bits per heavy atom. The van der Waals surface area contributed by atoms with E-state index < -0.39 is 5.82 Å². The van der Waals surface area contributed by atoms with E-state index in [1.54, 1.807) is 24.3 Å². The van der Waals surface area contributed by atoms with E-state index in [-0.39, 0.29) is 5.91 Å². The minimum atomic E-state index is -0.400. The number of carbonyl (C=O) groups is 1. The van der Waals surface area contributed by atoms with Crippen molar-refractivity contribution in [2.24, 2.45) is 0 Å². The lowest BCUT2D eigenvalue weighted by atomic mass is 10.1. The fraction of sp³-hybridized carbons (Fsp3) is 0.133. The molecule has 3 nitrogen and oxygen atoms in total. The second-order valence-electron chi connectivity index (χ2n) is 4.42. The molecule has 0 saturated carbocycles. The summed E-state index contributed by atoms with van der Waals surface area (Å²) < 4.78 is 18.8. The highest BCUT2D eigenvalue weighted by molar-refractivity contribution is 6.30. The number of amides is 1. The number of benzene rings is 2. The second kappa shape index (κ2) is 5.13. The Bertz CT molecular complexity index is 657.